The Morgan fingerprint density at radius 2 is 1.71 bits per heavy atom. The topological polar surface area (TPSA) is 68.3 Å². The van der Waals surface area contributed by atoms with Gasteiger partial charge in [-0.3, -0.25) is 14.5 Å². The van der Waals surface area contributed by atoms with Crippen molar-refractivity contribution in [2.45, 2.75) is 13.3 Å². The third kappa shape index (κ3) is 4.54. The van der Waals surface area contributed by atoms with Crippen LogP contribution in [0.2, 0.25) is 0 Å². The van der Waals surface area contributed by atoms with E-state index >= 15 is 0 Å². The number of hydrogen-bond donors (Lipinski definition) is 0. The number of esters is 1. The molecule has 8 heteroatoms. The zero-order valence-corrected chi connectivity index (χ0v) is 18.7. The zero-order valence-electron chi connectivity index (χ0n) is 17.9. The number of rotatable bonds is 7. The van der Waals surface area contributed by atoms with Crippen LogP contribution in [-0.4, -0.2) is 49.8 Å². The van der Waals surface area contributed by atoms with Gasteiger partial charge in [-0.1, -0.05) is 25.1 Å². The summed E-state index contributed by atoms with van der Waals surface area (Å²) in [6, 6.07) is 12.9. The fourth-order valence-electron chi connectivity index (χ4n) is 3.24. The lowest BCUT2D eigenvalue weighted by molar-refractivity contribution is -0.140. The maximum absolute atomic E-state index is 13.4. The van der Waals surface area contributed by atoms with Crippen LogP contribution in [0.3, 0.4) is 0 Å². The third-order valence-electron chi connectivity index (χ3n) is 4.96. The minimum Gasteiger partial charge on any atom is -0.493 e. The minimum absolute atomic E-state index is 0.177. The number of methoxy groups -OCH3 is 3. The van der Waals surface area contributed by atoms with Crippen LogP contribution in [0.5, 0.6) is 11.5 Å². The van der Waals surface area contributed by atoms with Gasteiger partial charge in [-0.25, -0.2) is 0 Å². The highest BCUT2D eigenvalue weighted by atomic mass is 32.1. The summed E-state index contributed by atoms with van der Waals surface area (Å²) in [5.74, 6) is 0.267. The highest BCUT2D eigenvalue weighted by molar-refractivity contribution is 7.80. The summed E-state index contributed by atoms with van der Waals surface area (Å²) in [4.78, 5) is 28.3. The van der Waals surface area contributed by atoms with E-state index in [4.69, 9.17) is 26.4 Å². The molecule has 3 rings (SSSR count). The molecule has 0 atom stereocenters. The van der Waals surface area contributed by atoms with Gasteiger partial charge in [-0.15, -0.1) is 0 Å². The molecule has 0 radical (unpaired) electrons. The highest BCUT2D eigenvalue weighted by Crippen LogP contribution is 2.32. The van der Waals surface area contributed by atoms with Crippen molar-refractivity contribution >= 4 is 41.0 Å². The SMILES string of the molecule is CCc1ccc(N2C(=O)/C(=C/c3ccc(OC)c(OC)c3)N(CC(=O)OC)C2=S)cc1. The number of nitrogens with zero attached hydrogens (tertiary/aromatic N) is 2. The van der Waals surface area contributed by atoms with Crippen molar-refractivity contribution < 1.29 is 23.8 Å². The Kier molecular flexibility index (Phi) is 6.91. The van der Waals surface area contributed by atoms with Gasteiger partial charge in [0.1, 0.15) is 12.2 Å². The molecule has 7 nitrogen and oxygen atoms in total. The van der Waals surface area contributed by atoms with Crippen molar-refractivity contribution in [1.29, 1.82) is 0 Å². The molecule has 1 saturated heterocycles. The molecule has 0 unspecified atom stereocenters. The second kappa shape index (κ2) is 9.61. The van der Waals surface area contributed by atoms with Gasteiger partial charge in [0.05, 0.1) is 27.0 Å². The maximum atomic E-state index is 13.4. The molecule has 162 valence electrons. The fraction of sp³-hybridized carbons (Fsp3) is 0.261. The van der Waals surface area contributed by atoms with E-state index in [1.54, 1.807) is 31.4 Å². The van der Waals surface area contributed by atoms with Crippen molar-refractivity contribution in [3.8, 4) is 11.5 Å². The average molecular weight is 441 g/mol. The Morgan fingerprint density at radius 1 is 1.03 bits per heavy atom. The summed E-state index contributed by atoms with van der Waals surface area (Å²) in [5, 5.41) is 0.214. The molecule has 1 aliphatic heterocycles. The molecule has 0 spiro atoms. The standard InChI is InChI=1S/C23H24N2O5S/c1-5-15-6-9-17(10-7-15)25-22(27)18(24(23(25)31)14-21(26)30-4)12-16-8-11-19(28-2)20(13-16)29-3/h6-13H,5,14H2,1-4H3/b18-12-. The molecular weight excluding hydrogens is 416 g/mol. The monoisotopic (exact) mass is 440 g/mol. The number of carbonyl (C=O) groups excluding carboxylic acids is 2. The number of ether oxygens (including phenoxy) is 3. The molecule has 0 aliphatic carbocycles. The van der Waals surface area contributed by atoms with Crippen LogP contribution in [0.4, 0.5) is 5.69 Å². The van der Waals surface area contributed by atoms with Crippen molar-refractivity contribution in [2.24, 2.45) is 0 Å². The van der Waals surface area contributed by atoms with Crippen LogP contribution >= 0.6 is 12.2 Å². The van der Waals surface area contributed by atoms with Gasteiger partial charge < -0.3 is 19.1 Å². The second-order valence-electron chi connectivity index (χ2n) is 6.75. The molecule has 31 heavy (non-hydrogen) atoms. The van der Waals surface area contributed by atoms with Gasteiger partial charge in [-0.2, -0.15) is 0 Å². The summed E-state index contributed by atoms with van der Waals surface area (Å²) in [6.07, 6.45) is 2.55. The molecule has 2 aromatic carbocycles. The van der Waals surface area contributed by atoms with E-state index in [-0.39, 0.29) is 23.3 Å². The van der Waals surface area contributed by atoms with Crippen molar-refractivity contribution in [2.75, 3.05) is 32.8 Å². The van der Waals surface area contributed by atoms with Crippen molar-refractivity contribution in [3.05, 3.63) is 59.3 Å². The van der Waals surface area contributed by atoms with E-state index in [9.17, 15) is 9.59 Å². The molecule has 1 heterocycles. The normalized spacial score (nSPS) is 14.9. The van der Waals surface area contributed by atoms with Crippen molar-refractivity contribution in [3.63, 3.8) is 0 Å². The Balaban J connectivity index is 2.04. The number of carbonyl (C=O) groups is 2. The van der Waals surface area contributed by atoms with Crippen LogP contribution in [-0.2, 0) is 20.7 Å². The second-order valence-corrected chi connectivity index (χ2v) is 7.11. The molecule has 0 aromatic heterocycles. The summed E-state index contributed by atoms with van der Waals surface area (Å²) < 4.78 is 15.4. The smallest absolute Gasteiger partial charge is 0.325 e. The van der Waals surface area contributed by atoms with E-state index < -0.39 is 5.97 Å². The fourth-order valence-corrected chi connectivity index (χ4v) is 3.59. The lowest BCUT2D eigenvalue weighted by Gasteiger charge is -2.19. The van der Waals surface area contributed by atoms with Crippen LogP contribution in [0.15, 0.2) is 48.2 Å². The molecule has 1 fully saturated rings. The number of aryl methyl sites for hydroxylation is 1. The minimum atomic E-state index is -0.503. The molecule has 2 aromatic rings. The van der Waals surface area contributed by atoms with Crippen molar-refractivity contribution in [1.82, 2.24) is 4.90 Å². The first-order valence-electron chi connectivity index (χ1n) is 9.68. The third-order valence-corrected chi connectivity index (χ3v) is 5.37. The summed E-state index contributed by atoms with van der Waals surface area (Å²) in [5.41, 5.74) is 2.75. The van der Waals surface area contributed by atoms with Gasteiger partial charge in [0, 0.05) is 0 Å². The number of benzene rings is 2. The van der Waals surface area contributed by atoms with Crippen LogP contribution in [0.25, 0.3) is 6.08 Å². The first kappa shape index (κ1) is 22.3. The molecule has 0 saturated carbocycles. The van der Waals surface area contributed by atoms with Gasteiger partial charge in [0.25, 0.3) is 5.91 Å². The molecule has 0 bridgehead atoms. The Bertz CT molecular complexity index is 1030. The first-order chi connectivity index (χ1) is 14.9. The lowest BCUT2D eigenvalue weighted by Crippen LogP contribution is -2.35. The van der Waals surface area contributed by atoms with Crippen LogP contribution in [0.1, 0.15) is 18.1 Å². The Hall–Kier alpha value is -3.39. The largest absolute Gasteiger partial charge is 0.493 e. The summed E-state index contributed by atoms with van der Waals surface area (Å²) >= 11 is 5.57. The predicted molar refractivity (Wildman–Crippen MR) is 122 cm³/mol. The number of amides is 1. The zero-order chi connectivity index (χ0) is 22.5. The number of thiocarbonyl (C=S) groups is 1. The van der Waals surface area contributed by atoms with Crippen LogP contribution < -0.4 is 14.4 Å². The molecular formula is C23H24N2O5S. The first-order valence-corrected chi connectivity index (χ1v) is 10.1. The van der Waals surface area contributed by atoms with Gasteiger partial charge in [0.2, 0.25) is 0 Å². The summed E-state index contributed by atoms with van der Waals surface area (Å²) in [6.45, 7) is 1.88. The lowest BCUT2D eigenvalue weighted by atomic mass is 10.1. The Morgan fingerprint density at radius 3 is 2.29 bits per heavy atom. The quantitative estimate of drug-likeness (QED) is 0.371. The number of hydrogen-bond acceptors (Lipinski definition) is 6. The molecule has 1 aliphatic rings. The number of anilines is 1. The molecule has 0 N–H and O–H groups in total. The van der Waals surface area contributed by atoms with Crippen LogP contribution in [0, 0.1) is 0 Å². The Labute approximate surface area is 186 Å². The van der Waals surface area contributed by atoms with E-state index in [0.717, 1.165) is 12.0 Å². The van der Waals surface area contributed by atoms with E-state index in [1.807, 2.05) is 24.3 Å². The van der Waals surface area contributed by atoms with Gasteiger partial charge in [-0.05, 0) is 60.1 Å². The average Bonchev–Trinajstić information content (AvgIpc) is 3.02. The van der Waals surface area contributed by atoms with E-state index in [2.05, 4.69) is 6.92 Å². The van der Waals surface area contributed by atoms with E-state index in [0.29, 0.717) is 22.7 Å². The van der Waals surface area contributed by atoms with E-state index in [1.165, 1.54) is 24.0 Å². The maximum Gasteiger partial charge on any atom is 0.325 e. The molecule has 1 amide bonds. The predicted octanol–water partition coefficient (Wildman–Crippen LogP) is 3.41. The van der Waals surface area contributed by atoms with Gasteiger partial charge in [0.15, 0.2) is 16.6 Å². The van der Waals surface area contributed by atoms with Gasteiger partial charge >= 0.3 is 5.97 Å². The highest BCUT2D eigenvalue weighted by Gasteiger charge is 2.40. The summed E-state index contributed by atoms with van der Waals surface area (Å²) in [7, 11) is 4.38.